The number of benzene rings is 1. The fourth-order valence-electron chi connectivity index (χ4n) is 2.31. The number of carbonyl (C=O) groups is 4. The molecule has 1 aromatic rings. The number of rotatable bonds is 7. The first-order valence-electron chi connectivity index (χ1n) is 7.62. The van der Waals surface area contributed by atoms with Crippen LogP contribution in [0.4, 0.5) is 4.79 Å². The summed E-state index contributed by atoms with van der Waals surface area (Å²) in [5, 5.41) is 3.26. The number of hydrogen-bond acceptors (Lipinski definition) is 4. The molecule has 1 fully saturated rings. The van der Waals surface area contributed by atoms with Crippen LogP contribution in [0.25, 0.3) is 0 Å². The van der Waals surface area contributed by atoms with Crippen LogP contribution in [-0.2, 0) is 20.8 Å². The van der Waals surface area contributed by atoms with E-state index in [2.05, 4.69) is 5.32 Å². The lowest BCUT2D eigenvalue weighted by molar-refractivity contribution is -0.144. The fourth-order valence-corrected chi connectivity index (χ4v) is 2.43. The van der Waals surface area contributed by atoms with Crippen LogP contribution >= 0.6 is 11.6 Å². The zero-order valence-electron chi connectivity index (χ0n) is 13.3. The highest BCUT2D eigenvalue weighted by atomic mass is 35.5. The zero-order chi connectivity index (χ0) is 17.7. The molecule has 1 heterocycles. The molecule has 0 radical (unpaired) electrons. The van der Waals surface area contributed by atoms with E-state index in [1.165, 1.54) is 0 Å². The summed E-state index contributed by atoms with van der Waals surface area (Å²) >= 11 is 5.79. The normalized spacial score (nSPS) is 14.5. The first-order chi connectivity index (χ1) is 11.4. The predicted octanol–water partition coefficient (Wildman–Crippen LogP) is 1.20. The van der Waals surface area contributed by atoms with Gasteiger partial charge in [0.2, 0.25) is 5.91 Å². The van der Waals surface area contributed by atoms with Gasteiger partial charge in [0, 0.05) is 18.1 Å². The zero-order valence-corrected chi connectivity index (χ0v) is 14.0. The molecule has 24 heavy (non-hydrogen) atoms. The Morgan fingerprint density at radius 3 is 2.33 bits per heavy atom. The molecule has 1 N–H and O–H groups in total. The van der Waals surface area contributed by atoms with Crippen molar-refractivity contribution in [2.75, 3.05) is 19.6 Å². The van der Waals surface area contributed by atoms with Crippen LogP contribution in [0.1, 0.15) is 18.9 Å². The van der Waals surface area contributed by atoms with Gasteiger partial charge < -0.3 is 5.32 Å². The Morgan fingerprint density at radius 1 is 1.08 bits per heavy atom. The lowest BCUT2D eigenvalue weighted by Gasteiger charge is -2.14. The number of urea groups is 1. The summed E-state index contributed by atoms with van der Waals surface area (Å²) in [5.41, 5.74) is 0.998. The summed E-state index contributed by atoms with van der Waals surface area (Å²) in [5.74, 6) is -2.33. The second kappa shape index (κ2) is 7.92. The SMILES string of the molecule is CCCN1C(=O)C(=O)N(CC(=O)NCCc2ccc(Cl)cc2)C1=O. The molecule has 0 unspecified atom stereocenters. The molecule has 0 saturated carbocycles. The maximum absolute atomic E-state index is 12.0. The summed E-state index contributed by atoms with van der Waals surface area (Å²) in [7, 11) is 0. The molecule has 0 bridgehead atoms. The third-order valence-electron chi connectivity index (χ3n) is 3.53. The van der Waals surface area contributed by atoms with Gasteiger partial charge in [-0.1, -0.05) is 30.7 Å². The molecule has 2 rings (SSSR count). The largest absolute Gasteiger partial charge is 0.354 e. The molecule has 5 amide bonds. The van der Waals surface area contributed by atoms with Gasteiger partial charge in [-0.25, -0.2) is 9.69 Å². The maximum atomic E-state index is 12.0. The van der Waals surface area contributed by atoms with Crippen LogP contribution in [0.2, 0.25) is 5.02 Å². The quantitative estimate of drug-likeness (QED) is 0.590. The molecule has 1 saturated heterocycles. The van der Waals surface area contributed by atoms with E-state index in [0.717, 1.165) is 10.5 Å². The van der Waals surface area contributed by atoms with Crippen LogP contribution in [0.15, 0.2) is 24.3 Å². The van der Waals surface area contributed by atoms with E-state index < -0.39 is 30.3 Å². The van der Waals surface area contributed by atoms with E-state index in [-0.39, 0.29) is 6.54 Å². The van der Waals surface area contributed by atoms with Gasteiger partial charge in [-0.15, -0.1) is 0 Å². The first kappa shape index (κ1) is 17.9. The standard InChI is InChI=1S/C16H18ClN3O4/c1-2-9-19-14(22)15(23)20(16(19)24)10-13(21)18-8-7-11-3-5-12(17)6-4-11/h3-6H,2,7-10H2,1H3,(H,18,21). The van der Waals surface area contributed by atoms with Crippen molar-refractivity contribution in [3.63, 3.8) is 0 Å². The van der Waals surface area contributed by atoms with Crippen LogP contribution in [0.3, 0.4) is 0 Å². The minimum atomic E-state index is -0.957. The van der Waals surface area contributed by atoms with Crippen molar-refractivity contribution >= 4 is 35.4 Å². The van der Waals surface area contributed by atoms with Crippen molar-refractivity contribution < 1.29 is 19.2 Å². The Hall–Kier alpha value is -2.41. The van der Waals surface area contributed by atoms with Crippen molar-refractivity contribution in [3.8, 4) is 0 Å². The van der Waals surface area contributed by atoms with Gasteiger partial charge in [-0.3, -0.25) is 19.3 Å². The second-order valence-corrected chi connectivity index (χ2v) is 5.79. The number of halogens is 1. The van der Waals surface area contributed by atoms with Gasteiger partial charge in [0.15, 0.2) is 0 Å². The highest BCUT2D eigenvalue weighted by molar-refractivity contribution is 6.45. The second-order valence-electron chi connectivity index (χ2n) is 5.36. The van der Waals surface area contributed by atoms with Crippen LogP contribution in [0.5, 0.6) is 0 Å². The van der Waals surface area contributed by atoms with Gasteiger partial charge in [0.05, 0.1) is 0 Å². The van der Waals surface area contributed by atoms with Gasteiger partial charge >= 0.3 is 17.8 Å². The van der Waals surface area contributed by atoms with Crippen LogP contribution in [-0.4, -0.2) is 53.2 Å². The molecular weight excluding hydrogens is 334 g/mol. The molecule has 1 aliphatic heterocycles. The van der Waals surface area contributed by atoms with E-state index in [0.29, 0.717) is 29.3 Å². The molecular formula is C16H18ClN3O4. The highest BCUT2D eigenvalue weighted by Gasteiger charge is 2.44. The molecule has 0 atom stereocenters. The van der Waals surface area contributed by atoms with Gasteiger partial charge in [0.1, 0.15) is 6.54 Å². The van der Waals surface area contributed by atoms with Crippen molar-refractivity contribution in [2.24, 2.45) is 0 Å². The summed E-state index contributed by atoms with van der Waals surface area (Å²) in [6.45, 7) is 1.85. The molecule has 7 nitrogen and oxygen atoms in total. The van der Waals surface area contributed by atoms with E-state index in [1.807, 2.05) is 12.1 Å². The van der Waals surface area contributed by atoms with E-state index in [1.54, 1.807) is 19.1 Å². The number of nitrogens with one attached hydrogen (secondary N) is 1. The molecule has 1 aromatic carbocycles. The number of amides is 5. The summed E-state index contributed by atoms with van der Waals surface area (Å²) in [6, 6.07) is 6.48. The number of hydrogen-bond donors (Lipinski definition) is 1. The minimum Gasteiger partial charge on any atom is -0.354 e. The molecule has 128 valence electrons. The molecule has 8 heteroatoms. The minimum absolute atomic E-state index is 0.165. The average molecular weight is 352 g/mol. The Kier molecular flexibility index (Phi) is 5.92. The smallest absolute Gasteiger partial charge is 0.334 e. The van der Waals surface area contributed by atoms with Crippen molar-refractivity contribution in [2.45, 2.75) is 19.8 Å². The Morgan fingerprint density at radius 2 is 1.71 bits per heavy atom. The number of imide groups is 2. The Labute approximate surface area is 144 Å². The van der Waals surface area contributed by atoms with E-state index in [9.17, 15) is 19.2 Å². The van der Waals surface area contributed by atoms with Crippen molar-refractivity contribution in [1.82, 2.24) is 15.1 Å². The fraction of sp³-hybridized carbons (Fsp3) is 0.375. The third kappa shape index (κ3) is 4.11. The van der Waals surface area contributed by atoms with Gasteiger partial charge in [-0.05, 0) is 30.5 Å². The lowest BCUT2D eigenvalue weighted by atomic mass is 10.1. The third-order valence-corrected chi connectivity index (χ3v) is 3.79. The monoisotopic (exact) mass is 351 g/mol. The van der Waals surface area contributed by atoms with E-state index in [4.69, 9.17) is 11.6 Å². The van der Waals surface area contributed by atoms with E-state index >= 15 is 0 Å². The predicted molar refractivity (Wildman–Crippen MR) is 87.3 cm³/mol. The molecule has 1 aliphatic rings. The maximum Gasteiger partial charge on any atom is 0.334 e. The Bertz CT molecular complexity index is 660. The highest BCUT2D eigenvalue weighted by Crippen LogP contribution is 2.12. The van der Waals surface area contributed by atoms with Gasteiger partial charge in [-0.2, -0.15) is 0 Å². The summed E-state index contributed by atoms with van der Waals surface area (Å²) in [4.78, 5) is 48.9. The molecule has 0 aliphatic carbocycles. The van der Waals surface area contributed by atoms with Crippen LogP contribution < -0.4 is 5.32 Å². The Balaban J connectivity index is 1.83. The molecule has 0 aromatic heterocycles. The van der Waals surface area contributed by atoms with Gasteiger partial charge in [0.25, 0.3) is 0 Å². The van der Waals surface area contributed by atoms with Crippen LogP contribution in [0, 0.1) is 0 Å². The first-order valence-corrected chi connectivity index (χ1v) is 8.00. The number of nitrogens with zero attached hydrogens (tertiary/aromatic N) is 2. The van der Waals surface area contributed by atoms with Crippen molar-refractivity contribution in [1.29, 1.82) is 0 Å². The van der Waals surface area contributed by atoms with Crippen molar-refractivity contribution in [3.05, 3.63) is 34.9 Å². The molecule has 0 spiro atoms. The average Bonchev–Trinajstić information content (AvgIpc) is 2.75. The topological polar surface area (TPSA) is 86.8 Å². The lowest BCUT2D eigenvalue weighted by Crippen LogP contribution is -2.42. The summed E-state index contributed by atoms with van der Waals surface area (Å²) < 4.78 is 0. The number of carbonyl (C=O) groups excluding carboxylic acids is 4. The summed E-state index contributed by atoms with van der Waals surface area (Å²) in [6.07, 6.45) is 1.14.